The van der Waals surface area contributed by atoms with Crippen LogP contribution in [0, 0.1) is 18.3 Å². The van der Waals surface area contributed by atoms with Crippen LogP contribution in [0.25, 0.3) is 0 Å². The van der Waals surface area contributed by atoms with Crippen LogP contribution in [0.4, 0.5) is 0 Å². The molecule has 0 spiro atoms. The topological polar surface area (TPSA) is 48.7 Å². The van der Waals surface area contributed by atoms with Gasteiger partial charge in [0.05, 0.1) is 11.8 Å². The normalized spacial score (nSPS) is 9.71. The number of aryl methyl sites for hydroxylation is 1. The first kappa shape index (κ1) is 10.7. The number of rotatable bonds is 5. The van der Waals surface area contributed by atoms with Crippen molar-refractivity contribution in [1.29, 1.82) is 5.26 Å². The third-order valence-corrected chi connectivity index (χ3v) is 1.89. The summed E-state index contributed by atoms with van der Waals surface area (Å²) < 4.78 is 0. The van der Waals surface area contributed by atoms with Crippen molar-refractivity contribution in [2.24, 2.45) is 0 Å². The molecule has 0 aromatic carbocycles. The number of nitriles is 1. The van der Waals surface area contributed by atoms with E-state index in [0.717, 1.165) is 30.9 Å². The van der Waals surface area contributed by atoms with Gasteiger partial charge in [-0.25, -0.2) is 0 Å². The van der Waals surface area contributed by atoms with Gasteiger partial charge in [0.1, 0.15) is 0 Å². The first-order valence-corrected chi connectivity index (χ1v) is 4.83. The Morgan fingerprint density at radius 3 is 3.07 bits per heavy atom. The zero-order valence-electron chi connectivity index (χ0n) is 8.45. The molecule has 0 fully saturated rings. The van der Waals surface area contributed by atoms with Gasteiger partial charge in [0.2, 0.25) is 0 Å². The molecule has 0 unspecified atom stereocenters. The Morgan fingerprint density at radius 1 is 1.50 bits per heavy atom. The van der Waals surface area contributed by atoms with E-state index in [1.807, 2.05) is 25.1 Å². The van der Waals surface area contributed by atoms with Crippen molar-refractivity contribution in [2.75, 3.05) is 6.54 Å². The number of unbranched alkanes of at least 4 members (excludes halogenated alkanes) is 1. The third-order valence-electron chi connectivity index (χ3n) is 1.89. The highest BCUT2D eigenvalue weighted by molar-refractivity contribution is 5.09. The first-order valence-electron chi connectivity index (χ1n) is 4.83. The molecule has 74 valence electrons. The van der Waals surface area contributed by atoms with Gasteiger partial charge in [-0.15, -0.1) is 0 Å². The Labute approximate surface area is 84.8 Å². The van der Waals surface area contributed by atoms with Gasteiger partial charge in [-0.3, -0.25) is 4.98 Å². The highest BCUT2D eigenvalue weighted by atomic mass is 14.9. The first-order chi connectivity index (χ1) is 6.83. The molecule has 1 aromatic heterocycles. The fraction of sp³-hybridized carbons (Fsp3) is 0.455. The molecule has 3 nitrogen and oxygen atoms in total. The Morgan fingerprint density at radius 2 is 2.36 bits per heavy atom. The van der Waals surface area contributed by atoms with Crippen LogP contribution in [0.2, 0.25) is 0 Å². The average molecular weight is 189 g/mol. The predicted octanol–water partition coefficient (Wildman–Crippen LogP) is 1.78. The van der Waals surface area contributed by atoms with Crippen LogP contribution in [0.3, 0.4) is 0 Å². The van der Waals surface area contributed by atoms with Gasteiger partial charge >= 0.3 is 0 Å². The smallest absolute Gasteiger partial charge is 0.0622 e. The summed E-state index contributed by atoms with van der Waals surface area (Å²) in [6.45, 7) is 3.65. The summed E-state index contributed by atoms with van der Waals surface area (Å²) in [5.41, 5.74) is 2.10. The summed E-state index contributed by atoms with van der Waals surface area (Å²) in [7, 11) is 0. The largest absolute Gasteiger partial charge is 0.311 e. The standard InChI is InChI=1S/C11H15N3/c1-10-5-4-6-11(14-10)9-13-8-3-2-7-12/h4-6,13H,2-3,8-9H2,1H3. The zero-order valence-corrected chi connectivity index (χ0v) is 8.45. The Bertz CT molecular complexity index is 315. The maximum atomic E-state index is 8.33. The van der Waals surface area contributed by atoms with E-state index in [-0.39, 0.29) is 0 Å². The van der Waals surface area contributed by atoms with Gasteiger partial charge in [0.25, 0.3) is 0 Å². The van der Waals surface area contributed by atoms with Gasteiger partial charge in [0.15, 0.2) is 0 Å². The van der Waals surface area contributed by atoms with E-state index in [4.69, 9.17) is 5.26 Å². The summed E-state index contributed by atoms with van der Waals surface area (Å²) in [6, 6.07) is 8.12. The molecular formula is C11H15N3. The van der Waals surface area contributed by atoms with E-state index in [1.165, 1.54) is 0 Å². The van der Waals surface area contributed by atoms with E-state index < -0.39 is 0 Å². The number of hydrogen-bond donors (Lipinski definition) is 1. The third kappa shape index (κ3) is 4.01. The quantitative estimate of drug-likeness (QED) is 0.718. The molecule has 0 amide bonds. The van der Waals surface area contributed by atoms with E-state index in [2.05, 4.69) is 16.4 Å². The molecule has 0 atom stereocenters. The summed E-state index contributed by atoms with van der Waals surface area (Å²) >= 11 is 0. The van der Waals surface area contributed by atoms with Crippen molar-refractivity contribution in [3.05, 3.63) is 29.6 Å². The molecule has 0 aliphatic rings. The predicted molar refractivity (Wildman–Crippen MR) is 55.5 cm³/mol. The highest BCUT2D eigenvalue weighted by Crippen LogP contribution is 1.97. The second kappa shape index (κ2) is 6.11. The van der Waals surface area contributed by atoms with Gasteiger partial charge < -0.3 is 5.32 Å². The summed E-state index contributed by atoms with van der Waals surface area (Å²) in [5.74, 6) is 0. The lowest BCUT2D eigenvalue weighted by Crippen LogP contribution is -2.15. The SMILES string of the molecule is Cc1cccc(CNCCCC#N)n1. The van der Waals surface area contributed by atoms with Crippen LogP contribution >= 0.6 is 0 Å². The number of nitrogens with one attached hydrogen (secondary N) is 1. The van der Waals surface area contributed by atoms with E-state index in [1.54, 1.807) is 0 Å². The van der Waals surface area contributed by atoms with Gasteiger partial charge in [-0.05, 0) is 32.0 Å². The number of hydrogen-bond acceptors (Lipinski definition) is 3. The van der Waals surface area contributed by atoms with Crippen LogP contribution in [0.1, 0.15) is 24.2 Å². The maximum absolute atomic E-state index is 8.33. The van der Waals surface area contributed by atoms with Crippen molar-refractivity contribution < 1.29 is 0 Å². The van der Waals surface area contributed by atoms with Crippen LogP contribution in [-0.4, -0.2) is 11.5 Å². The summed E-state index contributed by atoms with van der Waals surface area (Å²) in [4.78, 5) is 4.36. The molecule has 1 rings (SSSR count). The summed E-state index contributed by atoms with van der Waals surface area (Å²) in [5, 5.41) is 11.6. The molecule has 0 saturated heterocycles. The molecule has 0 saturated carbocycles. The van der Waals surface area contributed by atoms with Crippen LogP contribution in [0.5, 0.6) is 0 Å². The molecule has 1 N–H and O–H groups in total. The van der Waals surface area contributed by atoms with Crippen molar-refractivity contribution in [1.82, 2.24) is 10.3 Å². The molecular weight excluding hydrogens is 174 g/mol. The number of nitrogens with zero attached hydrogens (tertiary/aromatic N) is 2. The average Bonchev–Trinajstić information content (AvgIpc) is 2.18. The summed E-state index contributed by atoms with van der Waals surface area (Å²) in [6.07, 6.45) is 1.52. The molecule has 0 aliphatic heterocycles. The fourth-order valence-corrected chi connectivity index (χ4v) is 1.21. The van der Waals surface area contributed by atoms with Crippen molar-refractivity contribution in [3.63, 3.8) is 0 Å². The van der Waals surface area contributed by atoms with E-state index >= 15 is 0 Å². The Hall–Kier alpha value is -1.40. The minimum Gasteiger partial charge on any atom is -0.311 e. The molecule has 0 bridgehead atoms. The lowest BCUT2D eigenvalue weighted by atomic mass is 10.3. The number of aromatic nitrogens is 1. The molecule has 0 aliphatic carbocycles. The molecule has 1 heterocycles. The molecule has 1 aromatic rings. The van der Waals surface area contributed by atoms with Crippen molar-refractivity contribution in [2.45, 2.75) is 26.3 Å². The highest BCUT2D eigenvalue weighted by Gasteiger charge is 1.93. The lowest BCUT2D eigenvalue weighted by Gasteiger charge is -2.03. The van der Waals surface area contributed by atoms with Gasteiger partial charge in [-0.1, -0.05) is 6.07 Å². The van der Waals surface area contributed by atoms with Crippen molar-refractivity contribution in [3.8, 4) is 6.07 Å². The Balaban J connectivity index is 2.22. The second-order valence-electron chi connectivity index (χ2n) is 3.21. The Kier molecular flexibility index (Phi) is 4.66. The molecule has 14 heavy (non-hydrogen) atoms. The lowest BCUT2D eigenvalue weighted by molar-refractivity contribution is 0.647. The monoisotopic (exact) mass is 189 g/mol. The van der Waals surface area contributed by atoms with E-state index in [0.29, 0.717) is 6.42 Å². The van der Waals surface area contributed by atoms with Crippen LogP contribution < -0.4 is 5.32 Å². The zero-order chi connectivity index (χ0) is 10.2. The minimum absolute atomic E-state index is 0.619. The fourth-order valence-electron chi connectivity index (χ4n) is 1.21. The van der Waals surface area contributed by atoms with Gasteiger partial charge in [-0.2, -0.15) is 5.26 Å². The molecule has 3 heteroatoms. The van der Waals surface area contributed by atoms with Gasteiger partial charge in [0, 0.05) is 18.7 Å². The van der Waals surface area contributed by atoms with Crippen LogP contribution in [0.15, 0.2) is 18.2 Å². The molecule has 0 radical (unpaired) electrons. The number of pyridine rings is 1. The van der Waals surface area contributed by atoms with Crippen molar-refractivity contribution >= 4 is 0 Å². The maximum Gasteiger partial charge on any atom is 0.0622 e. The second-order valence-corrected chi connectivity index (χ2v) is 3.21. The van der Waals surface area contributed by atoms with E-state index in [9.17, 15) is 0 Å². The van der Waals surface area contributed by atoms with Crippen LogP contribution in [-0.2, 0) is 6.54 Å². The minimum atomic E-state index is 0.619.